The normalized spacial score (nSPS) is 13.9. The van der Waals surface area contributed by atoms with Gasteiger partial charge in [0.25, 0.3) is 5.91 Å². The van der Waals surface area contributed by atoms with E-state index < -0.39 is 17.6 Å². The van der Waals surface area contributed by atoms with Crippen LogP contribution < -0.4 is 15.5 Å². The van der Waals surface area contributed by atoms with Crippen LogP contribution in [0.15, 0.2) is 72.9 Å². The van der Waals surface area contributed by atoms with Crippen molar-refractivity contribution in [2.24, 2.45) is 0 Å². The lowest BCUT2D eigenvalue weighted by atomic mass is 10.1. The Balaban J connectivity index is 1.30. The number of hydrogen-bond donors (Lipinski definition) is 2. The molecule has 0 aliphatic carbocycles. The second kappa shape index (κ2) is 10.5. The standard InChI is InChI=1S/C25H24F3N5O2/c26-25(27,28)21-9-5-4-8-20(21)23(34)33-14-12-32(13-15-33)22-11-10-19(17-29-22)31-24(35)30-16-18-6-2-1-3-7-18/h1-11,17H,12-16H2,(H2,30,31,35). The Morgan fingerprint density at radius 3 is 2.23 bits per heavy atom. The molecule has 4 rings (SSSR count). The highest BCUT2D eigenvalue weighted by atomic mass is 19.4. The van der Waals surface area contributed by atoms with Crippen LogP contribution in [-0.4, -0.2) is 48.0 Å². The number of amides is 3. The van der Waals surface area contributed by atoms with Gasteiger partial charge in [-0.05, 0) is 29.8 Å². The minimum absolute atomic E-state index is 0.272. The third kappa shape index (κ3) is 6.08. The maximum absolute atomic E-state index is 13.3. The van der Waals surface area contributed by atoms with Crippen molar-refractivity contribution in [2.45, 2.75) is 12.7 Å². The lowest BCUT2D eigenvalue weighted by Gasteiger charge is -2.35. The van der Waals surface area contributed by atoms with Crippen LogP contribution in [0.3, 0.4) is 0 Å². The maximum atomic E-state index is 13.3. The van der Waals surface area contributed by atoms with Gasteiger partial charge >= 0.3 is 12.2 Å². The van der Waals surface area contributed by atoms with E-state index in [1.54, 1.807) is 12.1 Å². The van der Waals surface area contributed by atoms with Crippen LogP contribution in [0, 0.1) is 0 Å². The topological polar surface area (TPSA) is 77.6 Å². The average Bonchev–Trinajstić information content (AvgIpc) is 2.88. The highest BCUT2D eigenvalue weighted by Gasteiger charge is 2.36. The van der Waals surface area contributed by atoms with Crippen molar-refractivity contribution in [1.82, 2.24) is 15.2 Å². The van der Waals surface area contributed by atoms with Crippen LogP contribution in [0.2, 0.25) is 0 Å². The first-order chi connectivity index (χ1) is 16.8. The summed E-state index contributed by atoms with van der Waals surface area (Å²) in [6.07, 6.45) is -3.05. The van der Waals surface area contributed by atoms with E-state index in [2.05, 4.69) is 15.6 Å². The predicted molar refractivity (Wildman–Crippen MR) is 126 cm³/mol. The first-order valence-corrected chi connectivity index (χ1v) is 11.1. The third-order valence-corrected chi connectivity index (χ3v) is 5.66. The van der Waals surface area contributed by atoms with Crippen LogP contribution in [0.25, 0.3) is 0 Å². The Bertz CT molecular complexity index is 1160. The SMILES string of the molecule is O=C(NCc1ccccc1)Nc1ccc(N2CCN(C(=O)c3ccccc3C(F)(F)F)CC2)nc1. The van der Waals surface area contributed by atoms with E-state index in [0.29, 0.717) is 31.1 Å². The molecule has 10 heteroatoms. The molecule has 2 aromatic carbocycles. The lowest BCUT2D eigenvalue weighted by Crippen LogP contribution is -2.49. The number of carbonyl (C=O) groups is 2. The van der Waals surface area contributed by atoms with Crippen molar-refractivity contribution in [1.29, 1.82) is 0 Å². The number of alkyl halides is 3. The number of halogens is 3. The minimum Gasteiger partial charge on any atom is -0.353 e. The van der Waals surface area contributed by atoms with E-state index in [0.717, 1.165) is 11.6 Å². The van der Waals surface area contributed by atoms with Crippen LogP contribution in [0.4, 0.5) is 29.5 Å². The fourth-order valence-corrected chi connectivity index (χ4v) is 3.83. The Hall–Kier alpha value is -4.08. The van der Waals surface area contributed by atoms with E-state index in [1.165, 1.54) is 29.3 Å². The van der Waals surface area contributed by atoms with E-state index in [-0.39, 0.29) is 24.7 Å². The van der Waals surface area contributed by atoms with E-state index in [1.807, 2.05) is 35.2 Å². The summed E-state index contributed by atoms with van der Waals surface area (Å²) in [6.45, 7) is 1.80. The lowest BCUT2D eigenvalue weighted by molar-refractivity contribution is -0.138. The summed E-state index contributed by atoms with van der Waals surface area (Å²) in [5, 5.41) is 5.50. The van der Waals surface area contributed by atoms with Crippen molar-refractivity contribution in [3.05, 3.63) is 89.6 Å². The number of nitrogens with zero attached hydrogens (tertiary/aromatic N) is 3. The van der Waals surface area contributed by atoms with Gasteiger partial charge in [-0.1, -0.05) is 42.5 Å². The Morgan fingerprint density at radius 1 is 0.886 bits per heavy atom. The van der Waals surface area contributed by atoms with Crippen molar-refractivity contribution >= 4 is 23.4 Å². The average molecular weight is 483 g/mol. The van der Waals surface area contributed by atoms with Crippen molar-refractivity contribution in [3.8, 4) is 0 Å². The number of piperazine rings is 1. The van der Waals surface area contributed by atoms with Crippen molar-refractivity contribution in [2.75, 3.05) is 36.4 Å². The van der Waals surface area contributed by atoms with Gasteiger partial charge in [0.1, 0.15) is 5.82 Å². The largest absolute Gasteiger partial charge is 0.417 e. The van der Waals surface area contributed by atoms with Gasteiger partial charge in [0.05, 0.1) is 23.0 Å². The fourth-order valence-electron chi connectivity index (χ4n) is 3.83. The molecule has 182 valence electrons. The summed E-state index contributed by atoms with van der Waals surface area (Å²) < 4.78 is 39.8. The molecule has 7 nitrogen and oxygen atoms in total. The summed E-state index contributed by atoms with van der Waals surface area (Å²) in [5.41, 5.74) is 0.241. The molecule has 1 aromatic heterocycles. The third-order valence-electron chi connectivity index (χ3n) is 5.66. The highest BCUT2D eigenvalue weighted by Crippen LogP contribution is 2.32. The first-order valence-electron chi connectivity index (χ1n) is 11.1. The van der Waals surface area contributed by atoms with Gasteiger partial charge in [-0.25, -0.2) is 9.78 Å². The number of nitrogens with one attached hydrogen (secondary N) is 2. The molecule has 1 aliphatic rings. The molecular formula is C25H24F3N5O2. The molecule has 0 spiro atoms. The second-order valence-electron chi connectivity index (χ2n) is 8.02. The fraction of sp³-hybridized carbons (Fsp3) is 0.240. The maximum Gasteiger partial charge on any atom is 0.417 e. The van der Waals surface area contributed by atoms with Gasteiger partial charge in [-0.15, -0.1) is 0 Å². The quantitative estimate of drug-likeness (QED) is 0.565. The van der Waals surface area contributed by atoms with Gasteiger partial charge in [0.2, 0.25) is 0 Å². The van der Waals surface area contributed by atoms with Crippen molar-refractivity contribution in [3.63, 3.8) is 0 Å². The number of anilines is 2. The molecule has 1 fully saturated rings. The molecule has 1 saturated heterocycles. The van der Waals surface area contributed by atoms with Crippen LogP contribution in [-0.2, 0) is 12.7 Å². The molecule has 0 unspecified atom stereocenters. The smallest absolute Gasteiger partial charge is 0.353 e. The Kier molecular flexibility index (Phi) is 7.19. The number of hydrogen-bond acceptors (Lipinski definition) is 4. The molecule has 2 N–H and O–H groups in total. The van der Waals surface area contributed by atoms with E-state index in [4.69, 9.17) is 0 Å². The summed E-state index contributed by atoms with van der Waals surface area (Å²) >= 11 is 0. The zero-order chi connectivity index (χ0) is 24.8. The van der Waals surface area contributed by atoms with E-state index in [9.17, 15) is 22.8 Å². The molecule has 0 radical (unpaired) electrons. The van der Waals surface area contributed by atoms with Crippen LogP contribution >= 0.6 is 0 Å². The molecule has 35 heavy (non-hydrogen) atoms. The summed E-state index contributed by atoms with van der Waals surface area (Å²) in [7, 11) is 0. The number of pyridine rings is 1. The van der Waals surface area contributed by atoms with Gasteiger partial charge in [-0.3, -0.25) is 4.79 Å². The van der Waals surface area contributed by atoms with Gasteiger partial charge in [0, 0.05) is 32.7 Å². The second-order valence-corrected chi connectivity index (χ2v) is 8.02. The molecule has 3 amide bonds. The van der Waals surface area contributed by atoms with Crippen LogP contribution in [0.1, 0.15) is 21.5 Å². The number of aromatic nitrogens is 1. The molecule has 0 saturated carbocycles. The van der Waals surface area contributed by atoms with Gasteiger partial charge < -0.3 is 20.4 Å². The Labute approximate surface area is 200 Å². The Morgan fingerprint density at radius 2 is 1.57 bits per heavy atom. The predicted octanol–water partition coefficient (Wildman–Crippen LogP) is 4.38. The molecule has 1 aliphatic heterocycles. The van der Waals surface area contributed by atoms with Crippen molar-refractivity contribution < 1.29 is 22.8 Å². The minimum atomic E-state index is -4.59. The zero-order valence-electron chi connectivity index (χ0n) is 18.8. The number of benzene rings is 2. The summed E-state index contributed by atoms with van der Waals surface area (Å²) in [5.74, 6) is 0.0228. The van der Waals surface area contributed by atoms with Gasteiger partial charge in [-0.2, -0.15) is 13.2 Å². The molecule has 0 bridgehead atoms. The van der Waals surface area contributed by atoms with E-state index >= 15 is 0 Å². The molecule has 0 atom stereocenters. The highest BCUT2D eigenvalue weighted by molar-refractivity contribution is 5.96. The number of rotatable bonds is 5. The summed E-state index contributed by atoms with van der Waals surface area (Å²) in [6, 6.07) is 17.5. The molecule has 3 aromatic rings. The van der Waals surface area contributed by atoms with Gasteiger partial charge in [0.15, 0.2) is 0 Å². The van der Waals surface area contributed by atoms with Crippen LogP contribution in [0.5, 0.6) is 0 Å². The summed E-state index contributed by atoms with van der Waals surface area (Å²) in [4.78, 5) is 32.6. The molecular weight excluding hydrogens is 459 g/mol. The number of carbonyl (C=O) groups excluding carboxylic acids is 2. The zero-order valence-corrected chi connectivity index (χ0v) is 18.8. The monoisotopic (exact) mass is 483 g/mol. The number of urea groups is 1. The molecule has 2 heterocycles. The first kappa shape index (κ1) is 24.1.